The number of ether oxygens (including phenoxy) is 1. The lowest BCUT2D eigenvalue weighted by molar-refractivity contribution is 0.301. The summed E-state index contributed by atoms with van der Waals surface area (Å²) >= 11 is 3.56. The third kappa shape index (κ3) is 5.52. The fourth-order valence-corrected chi connectivity index (χ4v) is 3.36. The second kappa shape index (κ2) is 9.31. The highest BCUT2D eigenvalue weighted by Crippen LogP contribution is 2.25. The molecule has 124 valence electrons. The lowest BCUT2D eigenvalue weighted by Crippen LogP contribution is -2.25. The molecule has 0 bridgehead atoms. The van der Waals surface area contributed by atoms with E-state index >= 15 is 0 Å². The summed E-state index contributed by atoms with van der Waals surface area (Å²) in [5.41, 5.74) is 2.41. The number of hydrogen-bond donors (Lipinski definition) is 1. The van der Waals surface area contributed by atoms with E-state index in [1.54, 1.807) is 0 Å². The number of halogens is 2. The molecule has 1 saturated carbocycles. The zero-order valence-corrected chi connectivity index (χ0v) is 15.5. The number of nitrogens with one attached hydrogen (secondary N) is 1. The molecular formula is C19H23BrClNO. The molecule has 1 aliphatic carbocycles. The average Bonchev–Trinajstić information content (AvgIpc) is 3.06. The lowest BCUT2D eigenvalue weighted by atomic mass is 10.1. The van der Waals surface area contributed by atoms with E-state index in [2.05, 4.69) is 45.5 Å². The molecule has 0 unspecified atom stereocenters. The summed E-state index contributed by atoms with van der Waals surface area (Å²) in [6.45, 7) is 1.48. The lowest BCUT2D eigenvalue weighted by Gasteiger charge is -2.16. The Morgan fingerprint density at radius 3 is 2.52 bits per heavy atom. The van der Waals surface area contributed by atoms with Crippen molar-refractivity contribution in [3.63, 3.8) is 0 Å². The zero-order chi connectivity index (χ0) is 15.2. The molecule has 3 rings (SSSR count). The summed E-state index contributed by atoms with van der Waals surface area (Å²) < 4.78 is 7.13. The minimum Gasteiger partial charge on any atom is -0.489 e. The highest BCUT2D eigenvalue weighted by atomic mass is 79.9. The first-order valence-corrected chi connectivity index (χ1v) is 8.79. The van der Waals surface area contributed by atoms with Gasteiger partial charge in [0.15, 0.2) is 0 Å². The fraction of sp³-hybridized carbons (Fsp3) is 0.368. The van der Waals surface area contributed by atoms with Crippen LogP contribution in [0.5, 0.6) is 5.75 Å². The van der Waals surface area contributed by atoms with Gasteiger partial charge in [-0.2, -0.15) is 0 Å². The Morgan fingerprint density at radius 2 is 1.78 bits per heavy atom. The van der Waals surface area contributed by atoms with Crippen LogP contribution in [0.2, 0.25) is 0 Å². The first-order valence-electron chi connectivity index (χ1n) is 8.00. The van der Waals surface area contributed by atoms with Crippen LogP contribution >= 0.6 is 28.3 Å². The van der Waals surface area contributed by atoms with Crippen molar-refractivity contribution in [2.24, 2.45) is 0 Å². The Morgan fingerprint density at radius 1 is 1.04 bits per heavy atom. The monoisotopic (exact) mass is 395 g/mol. The second-order valence-corrected chi connectivity index (χ2v) is 6.80. The Kier molecular flexibility index (Phi) is 7.41. The molecule has 1 fully saturated rings. The van der Waals surface area contributed by atoms with E-state index < -0.39 is 0 Å². The smallest absolute Gasteiger partial charge is 0.124 e. The molecule has 1 N–H and O–H groups in total. The molecule has 4 heteroatoms. The van der Waals surface area contributed by atoms with Crippen LogP contribution < -0.4 is 10.1 Å². The zero-order valence-electron chi connectivity index (χ0n) is 13.1. The number of rotatable bonds is 6. The summed E-state index contributed by atoms with van der Waals surface area (Å²) in [6, 6.07) is 17.2. The van der Waals surface area contributed by atoms with Gasteiger partial charge < -0.3 is 10.1 Å². The Bertz CT molecular complexity index is 600. The molecular weight excluding hydrogens is 374 g/mol. The molecule has 1 aliphatic rings. The van der Waals surface area contributed by atoms with Gasteiger partial charge in [0, 0.05) is 22.6 Å². The van der Waals surface area contributed by atoms with Gasteiger partial charge in [-0.1, -0.05) is 59.1 Å². The summed E-state index contributed by atoms with van der Waals surface area (Å²) in [5.74, 6) is 0.970. The molecule has 0 spiro atoms. The van der Waals surface area contributed by atoms with Gasteiger partial charge in [0.05, 0.1) is 0 Å². The van der Waals surface area contributed by atoms with Crippen molar-refractivity contribution in [1.29, 1.82) is 0 Å². The van der Waals surface area contributed by atoms with Crippen molar-refractivity contribution in [2.45, 2.75) is 44.9 Å². The average molecular weight is 397 g/mol. The molecule has 2 nitrogen and oxygen atoms in total. The van der Waals surface area contributed by atoms with Gasteiger partial charge in [0.1, 0.15) is 12.4 Å². The molecule has 0 aliphatic heterocycles. The van der Waals surface area contributed by atoms with Crippen molar-refractivity contribution in [3.8, 4) is 5.75 Å². The summed E-state index contributed by atoms with van der Waals surface area (Å²) in [6.07, 6.45) is 5.31. The van der Waals surface area contributed by atoms with Crippen LogP contribution in [0.15, 0.2) is 53.0 Å². The third-order valence-corrected chi connectivity index (χ3v) is 4.69. The summed E-state index contributed by atoms with van der Waals surface area (Å²) in [4.78, 5) is 0. The number of benzene rings is 2. The van der Waals surface area contributed by atoms with Gasteiger partial charge in [0.2, 0.25) is 0 Å². The van der Waals surface area contributed by atoms with Crippen molar-refractivity contribution in [2.75, 3.05) is 0 Å². The van der Waals surface area contributed by atoms with Crippen LogP contribution in [0.25, 0.3) is 0 Å². The van der Waals surface area contributed by atoms with Crippen LogP contribution in [-0.4, -0.2) is 6.04 Å². The minimum absolute atomic E-state index is 0. The molecule has 0 amide bonds. The van der Waals surface area contributed by atoms with Gasteiger partial charge in [-0.05, 0) is 36.6 Å². The molecule has 0 saturated heterocycles. The van der Waals surface area contributed by atoms with E-state index in [1.165, 1.54) is 36.8 Å². The quantitative estimate of drug-likeness (QED) is 0.698. The van der Waals surface area contributed by atoms with E-state index in [4.69, 9.17) is 4.74 Å². The molecule has 23 heavy (non-hydrogen) atoms. The summed E-state index contributed by atoms with van der Waals surface area (Å²) in [7, 11) is 0. The first kappa shape index (κ1) is 18.3. The maximum atomic E-state index is 6.03. The van der Waals surface area contributed by atoms with Crippen LogP contribution in [-0.2, 0) is 13.2 Å². The van der Waals surface area contributed by atoms with Crippen LogP contribution in [0.1, 0.15) is 36.8 Å². The SMILES string of the molecule is Brc1ccc(OCc2ccccc2)c(CNC2CCCC2)c1.Cl. The van der Waals surface area contributed by atoms with Crippen molar-refractivity contribution in [3.05, 3.63) is 64.1 Å². The molecule has 0 heterocycles. The first-order chi connectivity index (χ1) is 10.8. The van der Waals surface area contributed by atoms with Gasteiger partial charge >= 0.3 is 0 Å². The predicted octanol–water partition coefficient (Wildman–Crippen LogP) is 5.48. The molecule has 0 radical (unpaired) electrons. The third-order valence-electron chi connectivity index (χ3n) is 4.20. The predicted molar refractivity (Wildman–Crippen MR) is 101 cm³/mol. The van der Waals surface area contributed by atoms with E-state index in [-0.39, 0.29) is 12.4 Å². The minimum atomic E-state index is 0. The Balaban J connectivity index is 0.00000192. The van der Waals surface area contributed by atoms with Crippen LogP contribution in [0, 0.1) is 0 Å². The summed E-state index contributed by atoms with van der Waals surface area (Å²) in [5, 5.41) is 3.66. The van der Waals surface area contributed by atoms with Crippen molar-refractivity contribution < 1.29 is 4.74 Å². The normalized spacial score (nSPS) is 14.5. The largest absolute Gasteiger partial charge is 0.489 e. The standard InChI is InChI=1S/C19H22BrNO.ClH/c20-17-10-11-19(22-14-15-6-2-1-3-7-15)16(12-17)13-21-18-8-4-5-9-18;/h1-3,6-7,10-12,18,21H,4-5,8-9,13-14H2;1H. The van der Waals surface area contributed by atoms with Crippen molar-refractivity contribution in [1.82, 2.24) is 5.32 Å². The highest BCUT2D eigenvalue weighted by Gasteiger charge is 2.15. The maximum Gasteiger partial charge on any atom is 0.124 e. The maximum absolute atomic E-state index is 6.03. The Hall–Kier alpha value is -1.03. The topological polar surface area (TPSA) is 21.3 Å². The van der Waals surface area contributed by atoms with Crippen molar-refractivity contribution >= 4 is 28.3 Å². The van der Waals surface area contributed by atoms with E-state index in [1.807, 2.05) is 24.3 Å². The molecule has 2 aromatic carbocycles. The molecule has 2 aromatic rings. The van der Waals surface area contributed by atoms with Gasteiger partial charge in [-0.3, -0.25) is 0 Å². The van der Waals surface area contributed by atoms with E-state index in [0.29, 0.717) is 12.6 Å². The van der Waals surface area contributed by atoms with Gasteiger partial charge in [0.25, 0.3) is 0 Å². The molecule has 0 aromatic heterocycles. The number of hydrogen-bond acceptors (Lipinski definition) is 2. The van der Waals surface area contributed by atoms with E-state index in [9.17, 15) is 0 Å². The van der Waals surface area contributed by atoms with Crippen LogP contribution in [0.3, 0.4) is 0 Å². The highest BCUT2D eigenvalue weighted by molar-refractivity contribution is 9.10. The van der Waals surface area contributed by atoms with Crippen LogP contribution in [0.4, 0.5) is 0 Å². The molecule has 0 atom stereocenters. The van der Waals surface area contributed by atoms with E-state index in [0.717, 1.165) is 16.8 Å². The van der Waals surface area contributed by atoms with Gasteiger partial charge in [-0.15, -0.1) is 12.4 Å². The van der Waals surface area contributed by atoms with Gasteiger partial charge in [-0.25, -0.2) is 0 Å². The second-order valence-electron chi connectivity index (χ2n) is 5.89. The Labute approximate surface area is 153 Å². The fourth-order valence-electron chi connectivity index (χ4n) is 2.95.